The van der Waals surface area contributed by atoms with Crippen molar-refractivity contribution >= 4 is 0 Å². The Bertz CT molecular complexity index is 476. The van der Waals surface area contributed by atoms with Crippen LogP contribution in [0.2, 0.25) is 0 Å². The third-order valence-corrected chi connectivity index (χ3v) is 2.89. The molecule has 0 radical (unpaired) electrons. The lowest BCUT2D eigenvalue weighted by atomic mass is 10.2. The first-order chi connectivity index (χ1) is 7.84. The fourth-order valence-electron chi connectivity index (χ4n) is 1.73. The van der Waals surface area contributed by atoms with Gasteiger partial charge in [-0.25, -0.2) is 0 Å². The van der Waals surface area contributed by atoms with Crippen molar-refractivity contribution in [2.45, 2.75) is 18.9 Å². The molecular weight excluding hydrogens is 202 g/mol. The number of nitrogens with zero attached hydrogens (tertiary/aromatic N) is 2. The molecule has 1 atom stereocenters. The third kappa shape index (κ3) is 1.72. The third-order valence-electron chi connectivity index (χ3n) is 2.89. The Balaban J connectivity index is 1.87. The van der Waals surface area contributed by atoms with Crippen LogP contribution < -0.4 is 5.73 Å². The molecule has 3 rings (SSSR count). The highest BCUT2D eigenvalue weighted by Gasteiger charge is 2.33. The van der Waals surface area contributed by atoms with Crippen LogP contribution in [-0.4, -0.2) is 10.1 Å². The largest absolute Gasteiger partial charge is 0.337 e. The summed E-state index contributed by atoms with van der Waals surface area (Å²) >= 11 is 0. The molecule has 2 N–H and O–H groups in total. The minimum Gasteiger partial charge on any atom is -0.337 e. The molecule has 0 spiro atoms. The van der Waals surface area contributed by atoms with Gasteiger partial charge >= 0.3 is 0 Å². The van der Waals surface area contributed by atoms with Gasteiger partial charge in [-0.1, -0.05) is 35.5 Å². The number of hydrogen-bond donors (Lipinski definition) is 1. The van der Waals surface area contributed by atoms with Gasteiger partial charge in [0.2, 0.25) is 11.7 Å². The number of benzene rings is 1. The van der Waals surface area contributed by atoms with Gasteiger partial charge in [0.1, 0.15) is 0 Å². The van der Waals surface area contributed by atoms with Crippen molar-refractivity contribution < 1.29 is 4.52 Å². The highest BCUT2D eigenvalue weighted by atomic mass is 16.5. The first-order valence-corrected chi connectivity index (χ1v) is 5.49. The standard InChI is InChI=1S/C12H13N3O/c13-10(8-6-7-8)12-14-11(15-16-12)9-4-2-1-3-5-9/h1-5,8,10H,6-7,13H2. The van der Waals surface area contributed by atoms with Gasteiger partial charge in [-0.3, -0.25) is 0 Å². The van der Waals surface area contributed by atoms with E-state index in [0.717, 1.165) is 5.56 Å². The molecule has 0 aliphatic heterocycles. The smallest absolute Gasteiger partial charge is 0.244 e. The Hall–Kier alpha value is -1.68. The Labute approximate surface area is 93.5 Å². The molecule has 16 heavy (non-hydrogen) atoms. The van der Waals surface area contributed by atoms with Crippen molar-refractivity contribution in [3.05, 3.63) is 36.2 Å². The van der Waals surface area contributed by atoms with E-state index in [9.17, 15) is 0 Å². The monoisotopic (exact) mass is 215 g/mol. The van der Waals surface area contributed by atoms with Crippen LogP contribution in [0.3, 0.4) is 0 Å². The summed E-state index contributed by atoms with van der Waals surface area (Å²) < 4.78 is 5.20. The van der Waals surface area contributed by atoms with E-state index in [1.165, 1.54) is 12.8 Å². The second-order valence-corrected chi connectivity index (χ2v) is 4.19. The van der Waals surface area contributed by atoms with E-state index < -0.39 is 0 Å². The quantitative estimate of drug-likeness (QED) is 0.851. The van der Waals surface area contributed by atoms with Crippen LogP contribution in [0.25, 0.3) is 11.4 Å². The maximum atomic E-state index is 6.00. The molecule has 1 aromatic heterocycles. The van der Waals surface area contributed by atoms with E-state index >= 15 is 0 Å². The van der Waals surface area contributed by atoms with Crippen LogP contribution in [0, 0.1) is 5.92 Å². The van der Waals surface area contributed by atoms with E-state index in [2.05, 4.69) is 10.1 Å². The molecule has 82 valence electrons. The molecule has 1 saturated carbocycles. The van der Waals surface area contributed by atoms with Gasteiger partial charge in [0.15, 0.2) is 0 Å². The molecule has 1 heterocycles. The zero-order valence-electron chi connectivity index (χ0n) is 8.84. The van der Waals surface area contributed by atoms with Crippen LogP contribution in [0.1, 0.15) is 24.8 Å². The lowest BCUT2D eigenvalue weighted by Gasteiger charge is -2.01. The van der Waals surface area contributed by atoms with Crippen molar-refractivity contribution in [3.8, 4) is 11.4 Å². The summed E-state index contributed by atoms with van der Waals surface area (Å²) in [4.78, 5) is 4.34. The molecule has 2 aromatic rings. The number of hydrogen-bond acceptors (Lipinski definition) is 4. The fraction of sp³-hybridized carbons (Fsp3) is 0.333. The molecule has 1 aromatic carbocycles. The predicted octanol–water partition coefficient (Wildman–Crippen LogP) is 2.15. The highest BCUT2D eigenvalue weighted by molar-refractivity contribution is 5.53. The van der Waals surface area contributed by atoms with Gasteiger partial charge in [-0.2, -0.15) is 4.98 Å². The summed E-state index contributed by atoms with van der Waals surface area (Å²) in [5.74, 6) is 1.71. The molecule has 1 aliphatic rings. The Morgan fingerprint density at radius 1 is 1.25 bits per heavy atom. The van der Waals surface area contributed by atoms with E-state index in [-0.39, 0.29) is 6.04 Å². The van der Waals surface area contributed by atoms with Crippen molar-refractivity contribution in [2.24, 2.45) is 11.7 Å². The molecule has 1 aliphatic carbocycles. The molecule has 1 fully saturated rings. The first-order valence-electron chi connectivity index (χ1n) is 5.49. The summed E-state index contributed by atoms with van der Waals surface area (Å²) in [6.45, 7) is 0. The molecule has 0 bridgehead atoms. The van der Waals surface area contributed by atoms with Crippen LogP contribution in [-0.2, 0) is 0 Å². The Kier molecular flexibility index (Phi) is 2.22. The van der Waals surface area contributed by atoms with Crippen molar-refractivity contribution in [2.75, 3.05) is 0 Å². The maximum Gasteiger partial charge on any atom is 0.244 e. The minimum atomic E-state index is -0.0926. The molecule has 0 saturated heterocycles. The maximum absolute atomic E-state index is 6.00. The normalized spacial score (nSPS) is 17.3. The Morgan fingerprint density at radius 3 is 2.69 bits per heavy atom. The fourth-order valence-corrected chi connectivity index (χ4v) is 1.73. The molecule has 4 nitrogen and oxygen atoms in total. The van der Waals surface area contributed by atoms with Crippen molar-refractivity contribution in [3.63, 3.8) is 0 Å². The SMILES string of the molecule is NC(c1nc(-c2ccccc2)no1)C1CC1. The Morgan fingerprint density at radius 2 is 2.00 bits per heavy atom. The first kappa shape index (κ1) is 9.54. The predicted molar refractivity (Wildman–Crippen MR) is 59.4 cm³/mol. The van der Waals surface area contributed by atoms with Crippen molar-refractivity contribution in [1.29, 1.82) is 0 Å². The van der Waals surface area contributed by atoms with E-state index in [4.69, 9.17) is 10.3 Å². The van der Waals surface area contributed by atoms with Gasteiger partial charge < -0.3 is 10.3 Å². The molecule has 4 heteroatoms. The number of nitrogens with two attached hydrogens (primary N) is 1. The molecular formula is C12H13N3O. The van der Waals surface area contributed by atoms with Gasteiger partial charge in [-0.05, 0) is 18.8 Å². The highest BCUT2D eigenvalue weighted by Crippen LogP contribution is 2.39. The summed E-state index contributed by atoms with van der Waals surface area (Å²) in [6.07, 6.45) is 2.34. The van der Waals surface area contributed by atoms with Crippen LogP contribution in [0.15, 0.2) is 34.9 Å². The summed E-state index contributed by atoms with van der Waals surface area (Å²) in [7, 11) is 0. The van der Waals surface area contributed by atoms with E-state index in [0.29, 0.717) is 17.6 Å². The number of aromatic nitrogens is 2. The van der Waals surface area contributed by atoms with Gasteiger partial charge in [-0.15, -0.1) is 0 Å². The van der Waals surface area contributed by atoms with Crippen molar-refractivity contribution in [1.82, 2.24) is 10.1 Å². The summed E-state index contributed by atoms with van der Waals surface area (Å²) in [5.41, 5.74) is 6.95. The zero-order chi connectivity index (χ0) is 11.0. The molecule has 1 unspecified atom stereocenters. The minimum absolute atomic E-state index is 0.0926. The number of rotatable bonds is 3. The van der Waals surface area contributed by atoms with Crippen LogP contribution in [0.4, 0.5) is 0 Å². The summed E-state index contributed by atoms with van der Waals surface area (Å²) in [6, 6.07) is 9.68. The van der Waals surface area contributed by atoms with Crippen LogP contribution in [0.5, 0.6) is 0 Å². The second kappa shape index (κ2) is 3.72. The lowest BCUT2D eigenvalue weighted by molar-refractivity contribution is 0.343. The van der Waals surface area contributed by atoms with E-state index in [1.807, 2.05) is 30.3 Å². The zero-order valence-corrected chi connectivity index (χ0v) is 8.84. The van der Waals surface area contributed by atoms with Gasteiger partial charge in [0.25, 0.3) is 0 Å². The molecule has 0 amide bonds. The lowest BCUT2D eigenvalue weighted by Crippen LogP contribution is -2.12. The average Bonchev–Trinajstić information content (AvgIpc) is 3.07. The van der Waals surface area contributed by atoms with Gasteiger partial charge in [0.05, 0.1) is 6.04 Å². The average molecular weight is 215 g/mol. The van der Waals surface area contributed by atoms with E-state index in [1.54, 1.807) is 0 Å². The van der Waals surface area contributed by atoms with Gasteiger partial charge in [0, 0.05) is 5.56 Å². The topological polar surface area (TPSA) is 64.9 Å². The summed E-state index contributed by atoms with van der Waals surface area (Å²) in [5, 5.41) is 3.95. The van der Waals surface area contributed by atoms with Crippen LogP contribution >= 0.6 is 0 Å². The second-order valence-electron chi connectivity index (χ2n) is 4.19.